The van der Waals surface area contributed by atoms with Gasteiger partial charge in [0.2, 0.25) is 0 Å². The molecule has 21 heavy (non-hydrogen) atoms. The summed E-state index contributed by atoms with van der Waals surface area (Å²) in [7, 11) is 0. The fourth-order valence-electron chi connectivity index (χ4n) is 2.61. The van der Waals surface area contributed by atoms with Crippen LogP contribution in [0.4, 0.5) is 0 Å². The van der Waals surface area contributed by atoms with Gasteiger partial charge < -0.3 is 15.8 Å². The van der Waals surface area contributed by atoms with Crippen LogP contribution in [0.5, 0.6) is 5.75 Å². The molecule has 1 fully saturated rings. The van der Waals surface area contributed by atoms with Crippen molar-refractivity contribution in [2.75, 3.05) is 6.54 Å². The minimum atomic E-state index is -0.549. The maximum Gasteiger partial charge on any atom is 0.261 e. The number of nitrogens with two attached hydrogens (primary N) is 1. The average Bonchev–Trinajstić information content (AvgIpc) is 2.85. The van der Waals surface area contributed by atoms with E-state index in [-0.39, 0.29) is 24.4 Å². The normalized spacial score (nSPS) is 22.2. The lowest BCUT2D eigenvalue weighted by Crippen LogP contribution is -2.45. The number of nitrogens with one attached hydrogen (secondary N) is 1. The van der Waals surface area contributed by atoms with Gasteiger partial charge in [0.25, 0.3) is 5.91 Å². The van der Waals surface area contributed by atoms with E-state index in [0.717, 1.165) is 19.3 Å². The molecule has 1 amide bonds. The van der Waals surface area contributed by atoms with Gasteiger partial charge in [-0.25, -0.2) is 0 Å². The van der Waals surface area contributed by atoms with E-state index >= 15 is 0 Å². The van der Waals surface area contributed by atoms with Crippen LogP contribution in [-0.2, 0) is 4.79 Å². The first-order chi connectivity index (χ1) is 9.60. The summed E-state index contributed by atoms with van der Waals surface area (Å²) in [4.78, 5) is 12.1. The van der Waals surface area contributed by atoms with Crippen molar-refractivity contribution in [2.24, 2.45) is 11.7 Å². The number of benzene rings is 1. The van der Waals surface area contributed by atoms with Gasteiger partial charge in [0.05, 0.1) is 0 Å². The lowest BCUT2D eigenvalue weighted by Gasteiger charge is -2.22. The molecule has 0 aromatic heterocycles. The Labute approximate surface area is 136 Å². The standard InChI is InChI=1S/C15H21ClN2O2.ClH/c1-10(20-13-6-3-5-12(16)8-13)15(19)18-14-7-2-4-11(14)9-17;/h3,5-6,8,10-11,14H,2,4,7,9,17H2,1H3,(H,18,19);1H. The zero-order valence-electron chi connectivity index (χ0n) is 12.0. The van der Waals surface area contributed by atoms with Gasteiger partial charge in [-0.3, -0.25) is 4.79 Å². The molecule has 0 spiro atoms. The van der Waals surface area contributed by atoms with Crippen molar-refractivity contribution in [3.63, 3.8) is 0 Å². The molecule has 0 saturated heterocycles. The third kappa shape index (κ3) is 5.06. The molecule has 4 nitrogen and oxygen atoms in total. The Morgan fingerprint density at radius 2 is 2.29 bits per heavy atom. The Hall–Kier alpha value is -0.970. The summed E-state index contributed by atoms with van der Waals surface area (Å²) in [6, 6.07) is 7.22. The zero-order valence-corrected chi connectivity index (χ0v) is 13.6. The molecule has 3 atom stereocenters. The molecule has 3 unspecified atom stereocenters. The first-order valence-corrected chi connectivity index (χ1v) is 7.40. The first kappa shape index (κ1) is 18.1. The van der Waals surface area contributed by atoms with E-state index in [1.54, 1.807) is 31.2 Å². The third-order valence-corrected chi connectivity index (χ3v) is 4.00. The van der Waals surface area contributed by atoms with Gasteiger partial charge in [-0.05, 0) is 50.4 Å². The fraction of sp³-hybridized carbons (Fsp3) is 0.533. The molecule has 1 aliphatic rings. The number of carbonyl (C=O) groups excluding carboxylic acids is 1. The van der Waals surface area contributed by atoms with Crippen molar-refractivity contribution in [2.45, 2.75) is 38.3 Å². The van der Waals surface area contributed by atoms with Gasteiger partial charge in [-0.15, -0.1) is 12.4 Å². The molecule has 0 bridgehead atoms. The van der Waals surface area contributed by atoms with E-state index in [1.807, 2.05) is 0 Å². The lowest BCUT2D eigenvalue weighted by molar-refractivity contribution is -0.128. The van der Waals surface area contributed by atoms with E-state index in [9.17, 15) is 4.79 Å². The van der Waals surface area contributed by atoms with Gasteiger partial charge in [-0.2, -0.15) is 0 Å². The van der Waals surface area contributed by atoms with Gasteiger partial charge in [0.15, 0.2) is 6.10 Å². The van der Waals surface area contributed by atoms with Crippen LogP contribution in [0.1, 0.15) is 26.2 Å². The number of hydrogen-bond acceptors (Lipinski definition) is 3. The number of hydrogen-bond donors (Lipinski definition) is 2. The Kier molecular flexibility index (Phi) is 7.29. The van der Waals surface area contributed by atoms with Crippen LogP contribution in [0.2, 0.25) is 5.02 Å². The third-order valence-electron chi connectivity index (χ3n) is 3.77. The number of rotatable bonds is 5. The Bertz CT molecular complexity index is 471. The highest BCUT2D eigenvalue weighted by Gasteiger charge is 2.29. The Morgan fingerprint density at radius 3 is 2.95 bits per heavy atom. The van der Waals surface area contributed by atoms with Crippen molar-refractivity contribution < 1.29 is 9.53 Å². The molecular formula is C15H22Cl2N2O2. The van der Waals surface area contributed by atoms with Crippen LogP contribution in [-0.4, -0.2) is 24.6 Å². The van der Waals surface area contributed by atoms with E-state index in [0.29, 0.717) is 23.2 Å². The molecule has 0 radical (unpaired) electrons. The lowest BCUT2D eigenvalue weighted by atomic mass is 10.0. The van der Waals surface area contributed by atoms with Gasteiger partial charge in [-0.1, -0.05) is 24.1 Å². The molecule has 6 heteroatoms. The fourth-order valence-corrected chi connectivity index (χ4v) is 2.79. The maximum atomic E-state index is 12.1. The predicted octanol–water partition coefficient (Wildman–Crippen LogP) is 2.77. The van der Waals surface area contributed by atoms with Gasteiger partial charge in [0, 0.05) is 11.1 Å². The molecule has 1 saturated carbocycles. The summed E-state index contributed by atoms with van der Waals surface area (Å²) in [5, 5.41) is 3.63. The first-order valence-electron chi connectivity index (χ1n) is 7.03. The van der Waals surface area contributed by atoms with E-state index < -0.39 is 6.10 Å². The highest BCUT2D eigenvalue weighted by molar-refractivity contribution is 6.30. The van der Waals surface area contributed by atoms with Gasteiger partial charge >= 0.3 is 0 Å². The molecule has 118 valence electrons. The molecule has 1 aliphatic carbocycles. The molecular weight excluding hydrogens is 311 g/mol. The molecule has 3 N–H and O–H groups in total. The minimum absolute atomic E-state index is 0. The van der Waals surface area contributed by atoms with Crippen molar-refractivity contribution in [1.82, 2.24) is 5.32 Å². The topological polar surface area (TPSA) is 64.3 Å². The second-order valence-corrected chi connectivity index (χ2v) is 5.70. The quantitative estimate of drug-likeness (QED) is 0.871. The highest BCUT2D eigenvalue weighted by atomic mass is 35.5. The molecule has 1 aromatic carbocycles. The molecule has 0 aliphatic heterocycles. The monoisotopic (exact) mass is 332 g/mol. The highest BCUT2D eigenvalue weighted by Crippen LogP contribution is 2.25. The maximum absolute atomic E-state index is 12.1. The number of halogens is 2. The minimum Gasteiger partial charge on any atom is -0.481 e. The van der Waals surface area contributed by atoms with Crippen LogP contribution in [0, 0.1) is 5.92 Å². The largest absolute Gasteiger partial charge is 0.481 e. The summed E-state index contributed by atoms with van der Waals surface area (Å²) in [6.07, 6.45) is 2.66. The van der Waals surface area contributed by atoms with E-state index in [4.69, 9.17) is 22.1 Å². The van der Waals surface area contributed by atoms with Crippen LogP contribution >= 0.6 is 24.0 Å². The number of amides is 1. The molecule has 0 heterocycles. The van der Waals surface area contributed by atoms with Crippen LogP contribution < -0.4 is 15.8 Å². The number of ether oxygens (including phenoxy) is 1. The van der Waals surface area contributed by atoms with Crippen LogP contribution in [0.3, 0.4) is 0 Å². The summed E-state index contributed by atoms with van der Waals surface area (Å²) in [6.45, 7) is 2.36. The van der Waals surface area contributed by atoms with Crippen molar-refractivity contribution in [3.05, 3.63) is 29.3 Å². The van der Waals surface area contributed by atoms with Gasteiger partial charge in [0.1, 0.15) is 5.75 Å². The van der Waals surface area contributed by atoms with Crippen molar-refractivity contribution in [1.29, 1.82) is 0 Å². The van der Waals surface area contributed by atoms with Crippen LogP contribution in [0.25, 0.3) is 0 Å². The predicted molar refractivity (Wildman–Crippen MR) is 87.1 cm³/mol. The molecule has 1 aromatic rings. The second-order valence-electron chi connectivity index (χ2n) is 5.26. The second kappa shape index (κ2) is 8.47. The number of carbonyl (C=O) groups is 1. The zero-order chi connectivity index (χ0) is 14.5. The van der Waals surface area contributed by atoms with E-state index in [1.165, 1.54) is 0 Å². The SMILES string of the molecule is CC(Oc1cccc(Cl)c1)C(=O)NC1CCCC1CN.Cl. The summed E-state index contributed by atoms with van der Waals surface area (Å²) >= 11 is 5.89. The summed E-state index contributed by atoms with van der Waals surface area (Å²) < 4.78 is 5.61. The summed E-state index contributed by atoms with van der Waals surface area (Å²) in [5.41, 5.74) is 5.72. The molecule has 2 rings (SSSR count). The smallest absolute Gasteiger partial charge is 0.261 e. The van der Waals surface area contributed by atoms with Crippen molar-refractivity contribution in [3.8, 4) is 5.75 Å². The Morgan fingerprint density at radius 1 is 1.52 bits per heavy atom. The van der Waals surface area contributed by atoms with E-state index in [2.05, 4.69) is 5.32 Å². The Balaban J connectivity index is 0.00000220. The van der Waals surface area contributed by atoms with Crippen LogP contribution in [0.15, 0.2) is 24.3 Å². The summed E-state index contributed by atoms with van der Waals surface area (Å²) in [5.74, 6) is 0.884. The average molecular weight is 333 g/mol. The van der Waals surface area contributed by atoms with Crippen molar-refractivity contribution >= 4 is 29.9 Å².